The molecule has 7 heteroatoms. The van der Waals surface area contributed by atoms with Crippen molar-refractivity contribution in [2.45, 2.75) is 18.9 Å². The Labute approximate surface area is 161 Å². The molecule has 3 aliphatic rings. The van der Waals surface area contributed by atoms with Crippen molar-refractivity contribution >= 4 is 17.3 Å². The fraction of sp³-hybridized carbons (Fsp3) is 0.650. The van der Waals surface area contributed by atoms with Gasteiger partial charge >= 0.3 is 0 Å². The quantitative estimate of drug-likeness (QED) is 0.673. The lowest BCUT2D eigenvalue weighted by atomic mass is 10.00. The first-order valence-electron chi connectivity index (χ1n) is 10.2. The molecule has 27 heavy (non-hydrogen) atoms. The van der Waals surface area contributed by atoms with Crippen molar-refractivity contribution in [2.24, 2.45) is 0 Å². The second-order valence-electron chi connectivity index (χ2n) is 7.84. The fourth-order valence-corrected chi connectivity index (χ4v) is 4.42. The van der Waals surface area contributed by atoms with Gasteiger partial charge in [0.05, 0.1) is 6.10 Å². The van der Waals surface area contributed by atoms with Crippen LogP contribution in [0.2, 0.25) is 0 Å². The smallest absolute Gasteiger partial charge is 0.224 e. The molecule has 148 valence electrons. The molecule has 1 unspecified atom stereocenters. The van der Waals surface area contributed by atoms with Gasteiger partial charge in [0.25, 0.3) is 0 Å². The Bertz CT molecular complexity index is 654. The van der Waals surface area contributed by atoms with E-state index in [0.29, 0.717) is 6.42 Å². The third-order valence-corrected chi connectivity index (χ3v) is 5.89. The molecular formula is C20H31N5O2. The van der Waals surface area contributed by atoms with Crippen LogP contribution in [0.25, 0.3) is 0 Å². The molecule has 1 atom stereocenters. The molecule has 1 aromatic carbocycles. The molecule has 0 saturated carbocycles. The van der Waals surface area contributed by atoms with Gasteiger partial charge in [-0.25, -0.2) is 0 Å². The molecule has 3 N–H and O–H groups in total. The minimum atomic E-state index is -0.283. The topological polar surface area (TPSA) is 71.1 Å². The second-order valence-corrected chi connectivity index (χ2v) is 7.84. The van der Waals surface area contributed by atoms with Crippen LogP contribution in [-0.2, 0) is 11.2 Å². The molecule has 2 saturated heterocycles. The van der Waals surface area contributed by atoms with E-state index in [1.165, 1.54) is 11.3 Å². The summed E-state index contributed by atoms with van der Waals surface area (Å²) in [5.41, 5.74) is 3.50. The zero-order chi connectivity index (χ0) is 18.6. The number of aliphatic hydroxyl groups is 1. The van der Waals surface area contributed by atoms with Crippen LogP contribution in [0.1, 0.15) is 12.0 Å². The number of rotatable bonds is 5. The van der Waals surface area contributed by atoms with Crippen LogP contribution < -0.4 is 15.5 Å². The van der Waals surface area contributed by atoms with Gasteiger partial charge in [-0.3, -0.25) is 14.6 Å². The zero-order valence-corrected chi connectivity index (χ0v) is 16.0. The highest BCUT2D eigenvalue weighted by molar-refractivity contribution is 5.95. The van der Waals surface area contributed by atoms with Gasteiger partial charge in [-0.05, 0) is 24.1 Å². The Morgan fingerprint density at radius 3 is 2.41 bits per heavy atom. The molecule has 1 amide bonds. The first-order chi connectivity index (χ1) is 13.2. The molecule has 3 heterocycles. The van der Waals surface area contributed by atoms with Gasteiger partial charge in [0.15, 0.2) is 0 Å². The molecule has 4 rings (SSSR count). The summed E-state index contributed by atoms with van der Waals surface area (Å²) < 4.78 is 0. The van der Waals surface area contributed by atoms with Gasteiger partial charge in [-0.1, -0.05) is 6.07 Å². The van der Waals surface area contributed by atoms with E-state index in [2.05, 4.69) is 31.4 Å². The number of nitrogens with one attached hydrogen (secondary N) is 2. The number of carbonyl (C=O) groups excluding carboxylic acids is 1. The maximum atomic E-state index is 11.6. The maximum Gasteiger partial charge on any atom is 0.224 e. The van der Waals surface area contributed by atoms with E-state index in [1.54, 1.807) is 0 Å². The Morgan fingerprint density at radius 1 is 0.963 bits per heavy atom. The molecule has 3 aliphatic heterocycles. The molecule has 7 nitrogen and oxygen atoms in total. The minimum Gasteiger partial charge on any atom is -0.390 e. The van der Waals surface area contributed by atoms with E-state index in [-0.39, 0.29) is 12.0 Å². The van der Waals surface area contributed by atoms with Gasteiger partial charge < -0.3 is 20.6 Å². The number of benzene rings is 1. The normalized spacial score (nSPS) is 23.0. The van der Waals surface area contributed by atoms with Crippen LogP contribution in [0.3, 0.4) is 0 Å². The lowest BCUT2D eigenvalue weighted by molar-refractivity contribution is -0.116. The summed E-state index contributed by atoms with van der Waals surface area (Å²) in [6.45, 7) is 9.48. The highest BCUT2D eigenvalue weighted by Crippen LogP contribution is 2.32. The van der Waals surface area contributed by atoms with Crippen molar-refractivity contribution in [1.82, 2.24) is 15.1 Å². The summed E-state index contributed by atoms with van der Waals surface area (Å²) in [5.74, 6) is 0.114. The standard InChI is InChI=1S/C20H31N5O2/c26-16(14-23-8-6-21-7-9-23)15-24-10-12-25(13-11-24)19-3-1-2-18-17(19)4-5-20(27)22-18/h1-3,16,21,26H,4-15H2,(H,22,27). The fourth-order valence-electron chi connectivity index (χ4n) is 4.42. The molecule has 0 spiro atoms. The summed E-state index contributed by atoms with van der Waals surface area (Å²) in [6.07, 6.45) is 1.11. The van der Waals surface area contributed by atoms with Crippen LogP contribution in [-0.4, -0.2) is 92.4 Å². The summed E-state index contributed by atoms with van der Waals surface area (Å²) in [6, 6.07) is 6.20. The SMILES string of the molecule is O=C1CCc2c(cccc2N2CCN(CC(O)CN3CCNCC3)CC2)N1. The van der Waals surface area contributed by atoms with Crippen molar-refractivity contribution in [3.63, 3.8) is 0 Å². The second kappa shape index (κ2) is 8.56. The van der Waals surface area contributed by atoms with E-state index in [9.17, 15) is 9.90 Å². The molecule has 1 aromatic rings. The summed E-state index contributed by atoms with van der Waals surface area (Å²) in [5, 5.41) is 16.8. The Morgan fingerprint density at radius 2 is 1.67 bits per heavy atom. The van der Waals surface area contributed by atoms with Gasteiger partial charge in [-0.2, -0.15) is 0 Å². The molecular weight excluding hydrogens is 342 g/mol. The number of hydrogen-bond acceptors (Lipinski definition) is 6. The van der Waals surface area contributed by atoms with E-state index in [1.807, 2.05) is 12.1 Å². The van der Waals surface area contributed by atoms with Crippen LogP contribution in [0.15, 0.2) is 18.2 Å². The number of piperazine rings is 2. The van der Waals surface area contributed by atoms with Gasteiger partial charge in [-0.15, -0.1) is 0 Å². The van der Waals surface area contributed by atoms with Crippen molar-refractivity contribution < 1.29 is 9.90 Å². The summed E-state index contributed by atoms with van der Waals surface area (Å²) >= 11 is 0. The summed E-state index contributed by atoms with van der Waals surface area (Å²) in [4.78, 5) is 18.8. The number of carbonyl (C=O) groups is 1. The average Bonchev–Trinajstić information content (AvgIpc) is 2.68. The molecule has 0 aromatic heterocycles. The Hall–Kier alpha value is -1.67. The number of fused-ring (bicyclic) bond motifs is 1. The van der Waals surface area contributed by atoms with Crippen molar-refractivity contribution in [3.8, 4) is 0 Å². The first kappa shape index (κ1) is 18.7. The van der Waals surface area contributed by atoms with Gasteiger partial charge in [0.1, 0.15) is 0 Å². The maximum absolute atomic E-state index is 11.6. The van der Waals surface area contributed by atoms with Crippen LogP contribution in [0.4, 0.5) is 11.4 Å². The number of hydrogen-bond donors (Lipinski definition) is 3. The average molecular weight is 374 g/mol. The van der Waals surface area contributed by atoms with Crippen LogP contribution in [0, 0.1) is 0 Å². The summed E-state index contributed by atoms with van der Waals surface area (Å²) in [7, 11) is 0. The van der Waals surface area contributed by atoms with Crippen molar-refractivity contribution in [2.75, 3.05) is 75.7 Å². The number of amides is 1. The van der Waals surface area contributed by atoms with Crippen LogP contribution >= 0.6 is 0 Å². The monoisotopic (exact) mass is 373 g/mol. The zero-order valence-electron chi connectivity index (χ0n) is 16.0. The predicted molar refractivity (Wildman–Crippen MR) is 107 cm³/mol. The largest absolute Gasteiger partial charge is 0.390 e. The van der Waals surface area contributed by atoms with E-state index < -0.39 is 0 Å². The molecule has 0 bridgehead atoms. The predicted octanol–water partition coefficient (Wildman–Crippen LogP) is -0.0406. The molecule has 0 aliphatic carbocycles. The number of nitrogens with zero attached hydrogens (tertiary/aromatic N) is 3. The van der Waals surface area contributed by atoms with Crippen molar-refractivity contribution in [1.29, 1.82) is 0 Å². The van der Waals surface area contributed by atoms with Gasteiger partial charge in [0, 0.05) is 83.2 Å². The third kappa shape index (κ3) is 4.60. The first-order valence-corrected chi connectivity index (χ1v) is 10.2. The van der Waals surface area contributed by atoms with Crippen molar-refractivity contribution in [3.05, 3.63) is 23.8 Å². The molecule has 0 radical (unpaired) electrons. The number of anilines is 2. The van der Waals surface area contributed by atoms with E-state index in [0.717, 1.165) is 77.6 Å². The Kier molecular flexibility index (Phi) is 5.92. The van der Waals surface area contributed by atoms with E-state index >= 15 is 0 Å². The lowest BCUT2D eigenvalue weighted by Gasteiger charge is -2.39. The molecule has 2 fully saturated rings. The number of β-amino-alcohol motifs (C(OH)–C–C–N with tert-alkyl or cyclic N) is 1. The highest BCUT2D eigenvalue weighted by atomic mass is 16.3. The number of aliphatic hydroxyl groups excluding tert-OH is 1. The van der Waals surface area contributed by atoms with E-state index in [4.69, 9.17) is 0 Å². The van der Waals surface area contributed by atoms with Crippen LogP contribution in [0.5, 0.6) is 0 Å². The van der Waals surface area contributed by atoms with Gasteiger partial charge in [0.2, 0.25) is 5.91 Å². The minimum absolute atomic E-state index is 0.114. The Balaban J connectivity index is 1.29. The highest BCUT2D eigenvalue weighted by Gasteiger charge is 2.25. The third-order valence-electron chi connectivity index (χ3n) is 5.89. The lowest BCUT2D eigenvalue weighted by Crippen LogP contribution is -2.52.